The summed E-state index contributed by atoms with van der Waals surface area (Å²) in [4.78, 5) is 6.77. The van der Waals surface area contributed by atoms with Crippen molar-refractivity contribution in [1.82, 2.24) is 4.98 Å². The van der Waals surface area contributed by atoms with Crippen LogP contribution in [0.1, 0.15) is 18.4 Å². The van der Waals surface area contributed by atoms with Gasteiger partial charge in [-0.15, -0.1) is 11.6 Å². The summed E-state index contributed by atoms with van der Waals surface area (Å²) in [7, 11) is 1.73. The second kappa shape index (κ2) is 5.51. The van der Waals surface area contributed by atoms with Crippen molar-refractivity contribution >= 4 is 17.4 Å². The SMILES string of the molecule is COCCN(c1ccc(CCl)cn1)C1CC1. The van der Waals surface area contributed by atoms with E-state index < -0.39 is 0 Å². The van der Waals surface area contributed by atoms with Gasteiger partial charge in [0, 0.05) is 31.8 Å². The molecule has 0 amide bonds. The van der Waals surface area contributed by atoms with Gasteiger partial charge in [-0.05, 0) is 24.5 Å². The van der Waals surface area contributed by atoms with Crippen molar-refractivity contribution in [2.75, 3.05) is 25.2 Å². The summed E-state index contributed by atoms with van der Waals surface area (Å²) in [5.74, 6) is 1.56. The summed E-state index contributed by atoms with van der Waals surface area (Å²) in [5.41, 5.74) is 1.06. The zero-order valence-corrected chi connectivity index (χ0v) is 10.3. The topological polar surface area (TPSA) is 25.4 Å². The number of methoxy groups -OCH3 is 1. The average molecular weight is 241 g/mol. The predicted molar refractivity (Wildman–Crippen MR) is 66.0 cm³/mol. The highest BCUT2D eigenvalue weighted by Crippen LogP contribution is 2.30. The molecule has 1 aromatic heterocycles. The highest BCUT2D eigenvalue weighted by Gasteiger charge is 2.29. The largest absolute Gasteiger partial charge is 0.383 e. The smallest absolute Gasteiger partial charge is 0.128 e. The fraction of sp³-hybridized carbons (Fsp3) is 0.583. The zero-order chi connectivity index (χ0) is 11.4. The number of pyridine rings is 1. The first-order valence-electron chi connectivity index (χ1n) is 5.61. The Bertz CT molecular complexity index is 324. The normalized spacial score (nSPS) is 15.1. The van der Waals surface area contributed by atoms with Crippen LogP contribution in [0.4, 0.5) is 5.82 Å². The van der Waals surface area contributed by atoms with Gasteiger partial charge in [-0.25, -0.2) is 4.98 Å². The molecule has 16 heavy (non-hydrogen) atoms. The molecular weight excluding hydrogens is 224 g/mol. The molecule has 0 saturated heterocycles. The number of ether oxygens (including phenoxy) is 1. The zero-order valence-electron chi connectivity index (χ0n) is 9.53. The molecule has 0 bridgehead atoms. The number of alkyl halides is 1. The van der Waals surface area contributed by atoms with Crippen LogP contribution in [0.3, 0.4) is 0 Å². The third-order valence-electron chi connectivity index (χ3n) is 2.78. The van der Waals surface area contributed by atoms with Crippen LogP contribution in [-0.2, 0) is 10.6 Å². The van der Waals surface area contributed by atoms with E-state index in [9.17, 15) is 0 Å². The average Bonchev–Trinajstić information content (AvgIpc) is 3.15. The van der Waals surface area contributed by atoms with Gasteiger partial charge in [0.25, 0.3) is 0 Å². The van der Waals surface area contributed by atoms with Crippen LogP contribution in [-0.4, -0.2) is 31.3 Å². The van der Waals surface area contributed by atoms with Crippen LogP contribution in [0, 0.1) is 0 Å². The molecule has 1 aliphatic rings. The quantitative estimate of drug-likeness (QED) is 0.715. The second-order valence-corrected chi connectivity index (χ2v) is 4.34. The molecule has 2 rings (SSSR count). The van der Waals surface area contributed by atoms with E-state index in [1.54, 1.807) is 7.11 Å². The van der Waals surface area contributed by atoms with E-state index in [-0.39, 0.29) is 0 Å². The lowest BCUT2D eigenvalue weighted by Gasteiger charge is -2.23. The van der Waals surface area contributed by atoms with E-state index in [0.717, 1.165) is 24.5 Å². The van der Waals surface area contributed by atoms with Crippen molar-refractivity contribution in [2.45, 2.75) is 24.8 Å². The molecule has 0 spiro atoms. The van der Waals surface area contributed by atoms with E-state index in [1.165, 1.54) is 12.8 Å². The maximum Gasteiger partial charge on any atom is 0.128 e. The third kappa shape index (κ3) is 2.86. The van der Waals surface area contributed by atoms with Crippen molar-refractivity contribution in [3.05, 3.63) is 23.9 Å². The summed E-state index contributed by atoms with van der Waals surface area (Å²) in [6.45, 7) is 1.66. The lowest BCUT2D eigenvalue weighted by molar-refractivity contribution is 0.204. The molecular formula is C12H17ClN2O. The lowest BCUT2D eigenvalue weighted by Crippen LogP contribution is -2.30. The van der Waals surface area contributed by atoms with Crippen molar-refractivity contribution in [3.8, 4) is 0 Å². The molecule has 1 heterocycles. The maximum atomic E-state index is 5.74. The van der Waals surface area contributed by atoms with Crippen LogP contribution < -0.4 is 4.90 Å². The highest BCUT2D eigenvalue weighted by atomic mass is 35.5. The minimum Gasteiger partial charge on any atom is -0.383 e. The van der Waals surface area contributed by atoms with Crippen molar-refractivity contribution < 1.29 is 4.74 Å². The second-order valence-electron chi connectivity index (χ2n) is 4.08. The van der Waals surface area contributed by atoms with E-state index >= 15 is 0 Å². The third-order valence-corrected chi connectivity index (χ3v) is 3.09. The molecule has 0 aliphatic heterocycles. The van der Waals surface area contributed by atoms with Gasteiger partial charge in [0.2, 0.25) is 0 Å². The van der Waals surface area contributed by atoms with Crippen molar-refractivity contribution in [3.63, 3.8) is 0 Å². The molecule has 4 heteroatoms. The van der Waals surface area contributed by atoms with Gasteiger partial charge < -0.3 is 9.64 Å². The summed E-state index contributed by atoms with van der Waals surface area (Å²) in [6, 6.07) is 4.74. The summed E-state index contributed by atoms with van der Waals surface area (Å²) in [6.07, 6.45) is 4.38. The summed E-state index contributed by atoms with van der Waals surface area (Å²) in [5, 5.41) is 0. The Morgan fingerprint density at radius 2 is 2.31 bits per heavy atom. The maximum absolute atomic E-state index is 5.74. The highest BCUT2D eigenvalue weighted by molar-refractivity contribution is 6.17. The molecule has 1 aliphatic carbocycles. The number of hydrogen-bond acceptors (Lipinski definition) is 3. The standard InChI is InChI=1S/C12H17ClN2O/c1-16-7-6-15(11-3-4-11)12-5-2-10(8-13)9-14-12/h2,5,9,11H,3-4,6-8H2,1H3. The monoisotopic (exact) mass is 240 g/mol. The Morgan fingerprint density at radius 1 is 1.50 bits per heavy atom. The van der Waals surface area contributed by atoms with Crippen LogP contribution >= 0.6 is 11.6 Å². The van der Waals surface area contributed by atoms with Gasteiger partial charge in [-0.2, -0.15) is 0 Å². The fourth-order valence-corrected chi connectivity index (χ4v) is 1.88. The molecule has 1 fully saturated rings. The fourth-order valence-electron chi connectivity index (χ4n) is 1.73. The van der Waals surface area contributed by atoms with Crippen molar-refractivity contribution in [1.29, 1.82) is 0 Å². The van der Waals surface area contributed by atoms with Crippen LogP contribution in [0.25, 0.3) is 0 Å². The Kier molecular flexibility index (Phi) is 4.02. The molecule has 3 nitrogen and oxygen atoms in total. The van der Waals surface area contributed by atoms with E-state index in [1.807, 2.05) is 18.3 Å². The number of aromatic nitrogens is 1. The van der Waals surface area contributed by atoms with Gasteiger partial charge in [-0.3, -0.25) is 0 Å². The van der Waals surface area contributed by atoms with Crippen LogP contribution in [0.5, 0.6) is 0 Å². The van der Waals surface area contributed by atoms with E-state index in [2.05, 4.69) is 9.88 Å². The first-order chi connectivity index (χ1) is 7.85. The molecule has 0 N–H and O–H groups in total. The van der Waals surface area contributed by atoms with E-state index in [4.69, 9.17) is 16.3 Å². The molecule has 0 atom stereocenters. The molecule has 0 radical (unpaired) electrons. The summed E-state index contributed by atoms with van der Waals surface area (Å²) >= 11 is 5.74. The van der Waals surface area contributed by atoms with Gasteiger partial charge in [-0.1, -0.05) is 6.07 Å². The Hall–Kier alpha value is -0.800. The minimum atomic E-state index is 0.523. The number of halogens is 1. The number of rotatable bonds is 6. The van der Waals surface area contributed by atoms with Crippen LogP contribution in [0.15, 0.2) is 18.3 Å². The molecule has 88 valence electrons. The van der Waals surface area contributed by atoms with Gasteiger partial charge in [0.1, 0.15) is 5.82 Å². The number of anilines is 1. The van der Waals surface area contributed by atoms with Gasteiger partial charge in [0.05, 0.1) is 6.61 Å². The van der Waals surface area contributed by atoms with Gasteiger partial charge >= 0.3 is 0 Å². The minimum absolute atomic E-state index is 0.523. The Morgan fingerprint density at radius 3 is 2.81 bits per heavy atom. The Balaban J connectivity index is 2.05. The molecule has 1 aromatic rings. The molecule has 1 saturated carbocycles. The summed E-state index contributed by atoms with van der Waals surface area (Å²) < 4.78 is 5.13. The first-order valence-corrected chi connectivity index (χ1v) is 6.15. The van der Waals surface area contributed by atoms with E-state index in [0.29, 0.717) is 11.9 Å². The first kappa shape index (κ1) is 11.7. The number of hydrogen-bond donors (Lipinski definition) is 0. The lowest BCUT2D eigenvalue weighted by atomic mass is 10.3. The van der Waals surface area contributed by atoms with Gasteiger partial charge in [0.15, 0.2) is 0 Å². The predicted octanol–water partition coefficient (Wildman–Crippen LogP) is 2.44. The van der Waals surface area contributed by atoms with Crippen molar-refractivity contribution in [2.24, 2.45) is 0 Å². The molecule has 0 aromatic carbocycles. The molecule has 0 unspecified atom stereocenters. The number of nitrogens with zero attached hydrogens (tertiary/aromatic N) is 2. The van der Waals surface area contributed by atoms with Crippen LogP contribution in [0.2, 0.25) is 0 Å². The Labute approximate surface area is 101 Å².